The Morgan fingerprint density at radius 2 is 1.92 bits per heavy atom. The van der Waals surface area contributed by atoms with Crippen LogP contribution < -0.4 is 20.3 Å². The molecule has 1 fully saturated rings. The summed E-state index contributed by atoms with van der Waals surface area (Å²) in [5.74, 6) is -0.169. The molecule has 0 aliphatic carbocycles. The van der Waals surface area contributed by atoms with Crippen LogP contribution in [0, 0.1) is 5.82 Å². The Bertz CT molecular complexity index is 1460. The van der Waals surface area contributed by atoms with Crippen molar-refractivity contribution in [1.29, 1.82) is 0 Å². The first-order valence-corrected chi connectivity index (χ1v) is 12.3. The van der Waals surface area contributed by atoms with E-state index < -0.39 is 6.04 Å². The van der Waals surface area contributed by atoms with Gasteiger partial charge in [0, 0.05) is 30.9 Å². The fraction of sp³-hybridized carbons (Fsp3) is 0.179. The number of anilines is 2. The second-order valence-corrected chi connectivity index (χ2v) is 9.00. The van der Waals surface area contributed by atoms with Crippen LogP contribution in [0.3, 0.4) is 0 Å². The maximum atomic E-state index is 14.9. The lowest BCUT2D eigenvalue weighted by Crippen LogP contribution is -2.30. The van der Waals surface area contributed by atoms with Gasteiger partial charge in [0.15, 0.2) is 5.11 Å². The van der Waals surface area contributed by atoms with E-state index in [0.717, 1.165) is 11.4 Å². The van der Waals surface area contributed by atoms with Gasteiger partial charge in [0.05, 0.1) is 30.2 Å². The maximum Gasteiger partial charge on any atom is 0.250 e. The molecule has 1 aliphatic rings. The van der Waals surface area contributed by atoms with E-state index in [1.165, 1.54) is 20.3 Å². The summed E-state index contributed by atoms with van der Waals surface area (Å²) < 4.78 is 27.2. The first-order valence-electron chi connectivity index (χ1n) is 11.9. The number of rotatable bonds is 8. The number of aromatic nitrogens is 2. The highest BCUT2D eigenvalue weighted by atomic mass is 32.1. The van der Waals surface area contributed by atoms with Gasteiger partial charge in [-0.2, -0.15) is 0 Å². The number of carbonyl (C=O) groups is 1. The highest BCUT2D eigenvalue weighted by Crippen LogP contribution is 2.44. The first-order chi connectivity index (χ1) is 18.5. The third-order valence-electron chi connectivity index (χ3n) is 6.30. The number of carbonyl (C=O) groups excluding carboxylic acids is 1. The highest BCUT2D eigenvalue weighted by Gasteiger charge is 2.42. The van der Waals surface area contributed by atoms with Crippen LogP contribution in [0.5, 0.6) is 5.75 Å². The number of pyridine rings is 1. The Morgan fingerprint density at radius 3 is 2.66 bits per heavy atom. The first kappa shape index (κ1) is 25.4. The molecule has 38 heavy (non-hydrogen) atoms. The summed E-state index contributed by atoms with van der Waals surface area (Å²) in [6, 6.07) is 20.8. The fourth-order valence-corrected chi connectivity index (χ4v) is 5.04. The Kier molecular flexibility index (Phi) is 7.34. The van der Waals surface area contributed by atoms with Gasteiger partial charge in [0.25, 0.3) is 0 Å². The molecule has 2 aromatic carbocycles. The molecule has 8 nitrogen and oxygen atoms in total. The minimum Gasteiger partial charge on any atom is -0.495 e. The van der Waals surface area contributed by atoms with Gasteiger partial charge in [-0.25, -0.2) is 4.39 Å². The Morgan fingerprint density at radius 1 is 1.11 bits per heavy atom. The maximum absolute atomic E-state index is 14.9. The normalized spacial score (nSPS) is 16.8. The molecule has 0 saturated carbocycles. The third-order valence-corrected chi connectivity index (χ3v) is 6.62. The summed E-state index contributed by atoms with van der Waals surface area (Å²) >= 11 is 5.84. The molecule has 2 N–H and O–H groups in total. The van der Waals surface area contributed by atoms with Crippen molar-refractivity contribution in [3.05, 3.63) is 102 Å². The molecular weight excluding hydrogens is 505 g/mol. The predicted molar refractivity (Wildman–Crippen MR) is 147 cm³/mol. The van der Waals surface area contributed by atoms with E-state index >= 15 is 0 Å². The number of nitrogens with zero attached hydrogens (tertiary/aromatic N) is 3. The van der Waals surface area contributed by atoms with E-state index in [2.05, 4.69) is 15.6 Å². The van der Waals surface area contributed by atoms with Gasteiger partial charge in [0.2, 0.25) is 5.91 Å². The molecule has 1 saturated heterocycles. The lowest BCUT2D eigenvalue weighted by atomic mass is 10.0. The molecule has 1 amide bonds. The zero-order valence-corrected chi connectivity index (χ0v) is 21.6. The molecule has 2 atom stereocenters. The van der Waals surface area contributed by atoms with Crippen LogP contribution in [-0.4, -0.2) is 41.4 Å². The highest BCUT2D eigenvalue weighted by molar-refractivity contribution is 7.80. The molecule has 4 aromatic rings. The van der Waals surface area contributed by atoms with Gasteiger partial charge >= 0.3 is 0 Å². The van der Waals surface area contributed by atoms with E-state index in [-0.39, 0.29) is 24.4 Å². The number of ether oxygens (including phenoxy) is 2. The molecule has 10 heteroatoms. The smallest absolute Gasteiger partial charge is 0.250 e. The Balaban J connectivity index is 1.64. The van der Waals surface area contributed by atoms with Crippen molar-refractivity contribution in [2.24, 2.45) is 0 Å². The van der Waals surface area contributed by atoms with Crippen LogP contribution in [0.1, 0.15) is 23.5 Å². The second-order valence-electron chi connectivity index (χ2n) is 8.62. The van der Waals surface area contributed by atoms with Crippen LogP contribution in [0.25, 0.3) is 5.69 Å². The standard InChI is InChI=1S/C28H26FN5O3S/c1-36-17-25(35)31-21-16-18(12-13-24(21)37-2)34-27(26(32-28(34)38)20-9-5-6-14-30-20)23-11-7-15-33(23)22-10-4-3-8-19(22)29/h3-16,26-27H,17H2,1-2H3,(H,31,35)(H,32,38)/t26-,27-/m1/s1. The van der Waals surface area contributed by atoms with Gasteiger partial charge in [-0.1, -0.05) is 18.2 Å². The average molecular weight is 532 g/mol. The number of methoxy groups -OCH3 is 2. The number of nitrogens with one attached hydrogen (secondary N) is 2. The summed E-state index contributed by atoms with van der Waals surface area (Å²) in [6.07, 6.45) is 3.56. The molecule has 5 rings (SSSR count). The summed E-state index contributed by atoms with van der Waals surface area (Å²) in [5.41, 5.74) is 3.19. The van der Waals surface area contributed by atoms with Crippen LogP contribution >= 0.6 is 12.2 Å². The Hall–Kier alpha value is -4.28. The number of hydrogen-bond donors (Lipinski definition) is 2. The van der Waals surface area contributed by atoms with Crippen molar-refractivity contribution in [3.8, 4) is 11.4 Å². The number of thiocarbonyl (C=S) groups is 1. The van der Waals surface area contributed by atoms with Gasteiger partial charge in [0.1, 0.15) is 24.2 Å². The molecule has 194 valence electrons. The van der Waals surface area contributed by atoms with Gasteiger partial charge in [-0.15, -0.1) is 0 Å². The van der Waals surface area contributed by atoms with Crippen molar-refractivity contribution >= 4 is 34.6 Å². The molecule has 0 spiro atoms. The minimum absolute atomic E-state index is 0.0996. The summed E-state index contributed by atoms with van der Waals surface area (Å²) in [6.45, 7) is -0.0996. The van der Waals surface area contributed by atoms with Crippen molar-refractivity contribution in [2.75, 3.05) is 31.0 Å². The van der Waals surface area contributed by atoms with E-state index in [9.17, 15) is 9.18 Å². The third kappa shape index (κ3) is 4.83. The SMILES string of the molecule is COCC(=O)Nc1cc(N2C(=S)N[C@H](c3ccccn3)[C@H]2c2cccn2-c2ccccc2F)ccc1OC. The number of amides is 1. The van der Waals surface area contributed by atoms with E-state index in [1.54, 1.807) is 36.5 Å². The van der Waals surface area contributed by atoms with Crippen molar-refractivity contribution < 1.29 is 18.7 Å². The number of benzene rings is 2. The molecular formula is C28H26FN5O3S. The second kappa shape index (κ2) is 11.0. The van der Waals surface area contributed by atoms with Crippen molar-refractivity contribution in [1.82, 2.24) is 14.9 Å². The number of para-hydroxylation sites is 1. The number of halogens is 1. The van der Waals surface area contributed by atoms with Crippen LogP contribution in [0.15, 0.2) is 85.2 Å². The fourth-order valence-electron chi connectivity index (χ4n) is 4.70. The molecule has 1 aliphatic heterocycles. The van der Waals surface area contributed by atoms with Crippen LogP contribution in [0.2, 0.25) is 0 Å². The summed E-state index contributed by atoms with van der Waals surface area (Å²) in [5, 5.41) is 6.70. The Labute approximate surface area is 225 Å². The lowest BCUT2D eigenvalue weighted by Gasteiger charge is -2.29. The molecule has 3 heterocycles. The average Bonchev–Trinajstić information content (AvgIpc) is 3.53. The predicted octanol–water partition coefficient (Wildman–Crippen LogP) is 4.78. The number of hydrogen-bond acceptors (Lipinski definition) is 5. The quantitative estimate of drug-likeness (QED) is 0.317. The topological polar surface area (TPSA) is 80.7 Å². The van der Waals surface area contributed by atoms with Crippen LogP contribution in [0.4, 0.5) is 15.8 Å². The van der Waals surface area contributed by atoms with Crippen molar-refractivity contribution in [3.63, 3.8) is 0 Å². The molecule has 0 unspecified atom stereocenters. The monoisotopic (exact) mass is 531 g/mol. The largest absolute Gasteiger partial charge is 0.495 e. The minimum atomic E-state index is -0.400. The van der Waals surface area contributed by atoms with E-state index in [0.29, 0.717) is 27.9 Å². The summed E-state index contributed by atoms with van der Waals surface area (Å²) in [4.78, 5) is 18.8. The molecule has 2 aromatic heterocycles. The zero-order valence-electron chi connectivity index (χ0n) is 20.8. The van der Waals surface area contributed by atoms with Crippen molar-refractivity contribution in [2.45, 2.75) is 12.1 Å². The van der Waals surface area contributed by atoms with E-state index in [1.807, 2.05) is 52.1 Å². The summed E-state index contributed by atoms with van der Waals surface area (Å²) in [7, 11) is 2.98. The van der Waals surface area contributed by atoms with E-state index in [4.69, 9.17) is 21.7 Å². The molecule has 0 bridgehead atoms. The molecule has 0 radical (unpaired) electrons. The van der Waals surface area contributed by atoms with Gasteiger partial charge in [-0.05, 0) is 66.8 Å². The lowest BCUT2D eigenvalue weighted by molar-refractivity contribution is -0.119. The van der Waals surface area contributed by atoms with Crippen LogP contribution in [-0.2, 0) is 9.53 Å². The zero-order chi connectivity index (χ0) is 26.6. The van der Waals surface area contributed by atoms with Gasteiger partial charge < -0.3 is 29.6 Å². The van der Waals surface area contributed by atoms with Gasteiger partial charge in [-0.3, -0.25) is 9.78 Å².